The van der Waals surface area contributed by atoms with Gasteiger partial charge in [0.15, 0.2) is 5.75 Å². The molecule has 2 aliphatic heterocycles. The van der Waals surface area contributed by atoms with Crippen LogP contribution in [0.5, 0.6) is 5.75 Å². The molecular weight excluding hydrogens is 375 g/mol. The van der Waals surface area contributed by atoms with Gasteiger partial charge in [0.2, 0.25) is 0 Å². The Morgan fingerprint density at radius 3 is 3.00 bits per heavy atom. The largest absolute Gasteiger partial charge is 0.619 e. The summed E-state index contributed by atoms with van der Waals surface area (Å²) in [6.45, 7) is 2.25. The Kier molecular flexibility index (Phi) is 4.88. The van der Waals surface area contributed by atoms with Crippen LogP contribution in [0.3, 0.4) is 0 Å². The van der Waals surface area contributed by atoms with Gasteiger partial charge in [0.05, 0.1) is 6.10 Å². The maximum absolute atomic E-state index is 11.9. The van der Waals surface area contributed by atoms with Crippen molar-refractivity contribution in [2.45, 2.75) is 38.7 Å². The molecule has 2 aliphatic rings. The number of nitrogens with one attached hydrogen (secondary N) is 1. The van der Waals surface area contributed by atoms with Gasteiger partial charge in [-0.15, -0.1) is 9.05 Å². The van der Waals surface area contributed by atoms with Crippen molar-refractivity contribution in [1.29, 1.82) is 0 Å². The number of aryl methyl sites for hydroxylation is 1. The molecule has 9 nitrogen and oxygen atoms in total. The lowest BCUT2D eigenvalue weighted by Crippen LogP contribution is -2.31. The molecule has 1 aromatic heterocycles. The van der Waals surface area contributed by atoms with E-state index in [1.165, 1.54) is 16.8 Å². The summed E-state index contributed by atoms with van der Waals surface area (Å²) in [6, 6.07) is 6.88. The van der Waals surface area contributed by atoms with E-state index in [1.807, 2.05) is 19.1 Å². The first-order chi connectivity index (χ1) is 12.9. The van der Waals surface area contributed by atoms with E-state index in [9.17, 15) is 14.5 Å². The number of H-pyrrole nitrogens is 1. The predicted molar refractivity (Wildman–Crippen MR) is 96.2 cm³/mol. The summed E-state index contributed by atoms with van der Waals surface area (Å²) in [5.41, 5.74) is 0.959. The summed E-state index contributed by atoms with van der Waals surface area (Å²) >= 11 is 0. The molecule has 4 rings (SSSR count). The Labute approximate surface area is 155 Å². The van der Waals surface area contributed by atoms with Gasteiger partial charge in [0.1, 0.15) is 19.4 Å². The third-order valence-corrected chi connectivity index (χ3v) is 5.84. The minimum atomic E-state index is -3.47. The lowest BCUT2D eigenvalue weighted by Gasteiger charge is -2.22. The second-order valence-corrected chi connectivity index (χ2v) is 8.18. The van der Waals surface area contributed by atoms with Gasteiger partial charge in [-0.25, -0.2) is 4.79 Å². The predicted octanol–water partition coefficient (Wildman–Crippen LogP) is 1.82. The molecule has 3 heterocycles. The third kappa shape index (κ3) is 3.97. The molecule has 0 spiro atoms. The number of fused-ring (bicyclic) bond motifs is 1. The van der Waals surface area contributed by atoms with E-state index in [0.29, 0.717) is 18.6 Å². The van der Waals surface area contributed by atoms with Crippen molar-refractivity contribution >= 4 is 8.17 Å². The first kappa shape index (κ1) is 18.3. The number of aromatic nitrogens is 2. The van der Waals surface area contributed by atoms with Crippen molar-refractivity contribution in [3.63, 3.8) is 0 Å². The zero-order valence-corrected chi connectivity index (χ0v) is 15.6. The third-order valence-electron chi connectivity index (χ3n) is 4.48. The van der Waals surface area contributed by atoms with Crippen molar-refractivity contribution in [3.05, 3.63) is 62.4 Å². The van der Waals surface area contributed by atoms with Crippen molar-refractivity contribution in [2.24, 2.45) is 0 Å². The highest BCUT2D eigenvalue weighted by Gasteiger charge is 2.51. The van der Waals surface area contributed by atoms with E-state index in [2.05, 4.69) is 4.98 Å². The molecule has 0 radical (unpaired) electrons. The Hall–Kier alpha value is -2.03. The van der Waals surface area contributed by atoms with E-state index in [-0.39, 0.29) is 19.3 Å². The Morgan fingerprint density at radius 1 is 1.33 bits per heavy atom. The van der Waals surface area contributed by atoms with Crippen LogP contribution in [0.15, 0.2) is 40.1 Å². The van der Waals surface area contributed by atoms with Gasteiger partial charge in [-0.2, -0.15) is 4.89 Å². The molecule has 3 unspecified atom stereocenters. The molecule has 1 saturated heterocycles. The maximum Gasteiger partial charge on any atom is 0.619 e. The molecular formula is C17H20N2O7P+. The average molecular weight is 395 g/mol. The number of hydrogen-bond donors (Lipinski definition) is 2. The molecule has 1 fully saturated rings. The van der Waals surface area contributed by atoms with Crippen LogP contribution in [-0.2, 0) is 20.4 Å². The van der Waals surface area contributed by atoms with E-state index < -0.39 is 25.6 Å². The number of nitrogens with zero attached hydrogens (tertiary/aromatic N) is 1. The van der Waals surface area contributed by atoms with Gasteiger partial charge in [0, 0.05) is 17.8 Å². The van der Waals surface area contributed by atoms with Crippen LogP contribution in [0.25, 0.3) is 0 Å². The topological polar surface area (TPSA) is 112 Å². The highest BCUT2D eigenvalue weighted by atomic mass is 31.2. The second kappa shape index (κ2) is 7.18. The first-order valence-electron chi connectivity index (χ1n) is 8.59. The molecule has 2 aromatic rings. The minimum absolute atomic E-state index is 0.0695. The molecule has 0 bridgehead atoms. The van der Waals surface area contributed by atoms with E-state index >= 15 is 0 Å². The SMILES string of the molecule is Cc1ccc2c(c1)CO[P+](O)(OCC1CCC(n3ccc(=O)[nH]c3=O)O1)O2. The summed E-state index contributed by atoms with van der Waals surface area (Å²) in [6.07, 6.45) is 1.80. The van der Waals surface area contributed by atoms with Gasteiger partial charge < -0.3 is 4.74 Å². The Morgan fingerprint density at radius 2 is 2.19 bits per heavy atom. The van der Waals surface area contributed by atoms with Crippen molar-refractivity contribution in [1.82, 2.24) is 9.55 Å². The summed E-state index contributed by atoms with van der Waals surface area (Å²) in [7, 11) is -3.47. The van der Waals surface area contributed by atoms with E-state index in [4.69, 9.17) is 18.3 Å². The lowest BCUT2D eigenvalue weighted by atomic mass is 10.1. The summed E-state index contributed by atoms with van der Waals surface area (Å²) in [4.78, 5) is 35.7. The second-order valence-electron chi connectivity index (χ2n) is 6.55. The van der Waals surface area contributed by atoms with Gasteiger partial charge in [-0.3, -0.25) is 18.9 Å². The number of rotatable bonds is 4. The molecule has 27 heavy (non-hydrogen) atoms. The molecule has 1 aromatic carbocycles. The molecule has 0 amide bonds. The number of benzene rings is 1. The lowest BCUT2D eigenvalue weighted by molar-refractivity contribution is -0.0301. The molecule has 10 heteroatoms. The first-order valence-corrected chi connectivity index (χ1v) is 10.1. The monoisotopic (exact) mass is 395 g/mol. The zero-order valence-electron chi connectivity index (χ0n) is 14.7. The number of aromatic amines is 1. The van der Waals surface area contributed by atoms with Crippen LogP contribution < -0.4 is 15.8 Å². The molecule has 3 atom stereocenters. The zero-order chi connectivity index (χ0) is 19.0. The smallest absolute Gasteiger partial charge is 0.352 e. The standard InChI is InChI=1S/C17H19N2O7P/c1-11-2-4-14-12(8-11)9-23-27(22,26-14)24-10-13-3-5-16(25-13)19-7-6-15(20)18-17(19)21/h2,4,6-8,13,16,22H,3,5,9-10H2,1H3/p+1. The van der Waals surface area contributed by atoms with Gasteiger partial charge >= 0.3 is 13.9 Å². The minimum Gasteiger partial charge on any atom is -0.352 e. The van der Waals surface area contributed by atoms with Crippen LogP contribution in [-0.4, -0.2) is 27.2 Å². The average Bonchev–Trinajstić information content (AvgIpc) is 3.09. The number of ether oxygens (including phenoxy) is 1. The highest BCUT2D eigenvalue weighted by Crippen LogP contribution is 2.61. The Bertz CT molecular complexity index is 959. The van der Waals surface area contributed by atoms with Crippen LogP contribution in [0, 0.1) is 6.92 Å². The summed E-state index contributed by atoms with van der Waals surface area (Å²) in [5.74, 6) is 0.549. The molecule has 144 valence electrons. The quantitative estimate of drug-likeness (QED) is 0.760. The fourth-order valence-corrected chi connectivity index (χ4v) is 4.38. The van der Waals surface area contributed by atoms with Crippen molar-refractivity contribution < 1.29 is 23.2 Å². The van der Waals surface area contributed by atoms with Crippen LogP contribution in [0.2, 0.25) is 0 Å². The Balaban J connectivity index is 1.36. The van der Waals surface area contributed by atoms with Crippen molar-refractivity contribution in [3.8, 4) is 5.75 Å². The summed E-state index contributed by atoms with van der Waals surface area (Å²) < 4.78 is 23.6. The molecule has 2 N–H and O–H groups in total. The van der Waals surface area contributed by atoms with E-state index in [1.54, 1.807) is 6.07 Å². The fourth-order valence-electron chi connectivity index (χ4n) is 3.12. The van der Waals surface area contributed by atoms with E-state index in [0.717, 1.165) is 11.1 Å². The maximum atomic E-state index is 11.9. The normalized spacial score (nSPS) is 27.2. The molecule has 0 aliphatic carbocycles. The van der Waals surface area contributed by atoms with Crippen LogP contribution >= 0.6 is 8.17 Å². The van der Waals surface area contributed by atoms with Crippen LogP contribution in [0.1, 0.15) is 30.2 Å². The van der Waals surface area contributed by atoms with Gasteiger partial charge in [0.25, 0.3) is 5.56 Å². The van der Waals surface area contributed by atoms with Crippen molar-refractivity contribution in [2.75, 3.05) is 6.61 Å². The number of hydrogen-bond acceptors (Lipinski definition) is 7. The van der Waals surface area contributed by atoms with Crippen LogP contribution in [0.4, 0.5) is 0 Å². The van der Waals surface area contributed by atoms with Gasteiger partial charge in [-0.1, -0.05) is 11.6 Å². The summed E-state index contributed by atoms with van der Waals surface area (Å²) in [5, 5.41) is 0. The highest BCUT2D eigenvalue weighted by molar-refractivity contribution is 7.55. The molecule has 0 saturated carbocycles. The fraction of sp³-hybridized carbons (Fsp3) is 0.412. The van der Waals surface area contributed by atoms with Gasteiger partial charge in [-0.05, 0) is 31.9 Å².